The molecule has 2 fully saturated rings. The molecule has 0 aromatic heterocycles. The quantitative estimate of drug-likeness (QED) is 0.794. The molecule has 2 aliphatic heterocycles. The number of hydrogen-bond donors (Lipinski definition) is 1. The van der Waals surface area contributed by atoms with E-state index in [1.807, 2.05) is 37.3 Å². The molecule has 2 saturated heterocycles. The Morgan fingerprint density at radius 1 is 1.33 bits per heavy atom. The number of ether oxygens (including phenoxy) is 4. The maximum absolute atomic E-state index is 10.7. The summed E-state index contributed by atoms with van der Waals surface area (Å²) in [6, 6.07) is 9.76. The van der Waals surface area contributed by atoms with Gasteiger partial charge in [0, 0.05) is 5.56 Å². The van der Waals surface area contributed by atoms with Crippen LogP contribution in [-0.4, -0.2) is 53.9 Å². The van der Waals surface area contributed by atoms with Crippen LogP contribution in [0.1, 0.15) is 18.8 Å². The molecule has 3 rings (SSSR count). The van der Waals surface area contributed by atoms with Gasteiger partial charge in [0.2, 0.25) is 0 Å². The minimum absolute atomic E-state index is 0.257. The normalized spacial score (nSPS) is 36.1. The summed E-state index contributed by atoms with van der Waals surface area (Å²) < 4.78 is 23.8. The highest BCUT2D eigenvalue weighted by molar-refractivity contribution is 7.99. The van der Waals surface area contributed by atoms with Gasteiger partial charge < -0.3 is 24.1 Å². The number of aliphatic hydroxyl groups excluding tert-OH is 1. The van der Waals surface area contributed by atoms with Crippen molar-refractivity contribution in [3.05, 3.63) is 48.6 Å². The Kier molecular flexibility index (Phi) is 6.32. The lowest BCUT2D eigenvalue weighted by Gasteiger charge is -2.47. The molecule has 0 unspecified atom stereocenters. The fraction of sp³-hybridized carbons (Fsp3) is 0.556. The van der Waals surface area contributed by atoms with Crippen molar-refractivity contribution in [1.29, 1.82) is 0 Å². The standard InChI is InChI=1S/C18H24O5S/c1-3-10-20-16-14(19)18(24-4-2)22-13-11-21-17(23-15(13)16)12-8-6-5-7-9-12/h3,5-9,13-19H,1,4,10-11H2,2H3/t13-,14+,15+,16+,17+,18+/m1/s1. The third-order valence-electron chi connectivity index (χ3n) is 4.12. The first-order valence-corrected chi connectivity index (χ1v) is 9.29. The van der Waals surface area contributed by atoms with Crippen LogP contribution >= 0.6 is 11.8 Å². The number of aliphatic hydroxyl groups is 1. The summed E-state index contributed by atoms with van der Waals surface area (Å²) in [4.78, 5) is 0. The first-order valence-electron chi connectivity index (χ1n) is 8.24. The van der Waals surface area contributed by atoms with Crippen LogP contribution in [0, 0.1) is 0 Å². The van der Waals surface area contributed by atoms with E-state index < -0.39 is 18.5 Å². The molecule has 0 aliphatic carbocycles. The number of hydrogen-bond acceptors (Lipinski definition) is 6. The van der Waals surface area contributed by atoms with Gasteiger partial charge in [-0.25, -0.2) is 0 Å². The molecule has 1 aromatic carbocycles. The largest absolute Gasteiger partial charge is 0.387 e. The van der Waals surface area contributed by atoms with Crippen molar-refractivity contribution in [2.24, 2.45) is 0 Å². The highest BCUT2D eigenvalue weighted by atomic mass is 32.2. The molecule has 2 heterocycles. The van der Waals surface area contributed by atoms with Crippen molar-refractivity contribution < 1.29 is 24.1 Å². The van der Waals surface area contributed by atoms with Gasteiger partial charge in [0.25, 0.3) is 0 Å². The third kappa shape index (κ3) is 3.85. The molecule has 5 nitrogen and oxygen atoms in total. The second-order valence-electron chi connectivity index (χ2n) is 5.75. The smallest absolute Gasteiger partial charge is 0.184 e. The lowest BCUT2D eigenvalue weighted by Crippen LogP contribution is -2.61. The van der Waals surface area contributed by atoms with Crippen molar-refractivity contribution in [1.82, 2.24) is 0 Å². The number of fused-ring (bicyclic) bond motifs is 1. The van der Waals surface area contributed by atoms with Crippen LogP contribution < -0.4 is 0 Å². The average Bonchev–Trinajstić information content (AvgIpc) is 2.62. The van der Waals surface area contributed by atoms with Crippen LogP contribution in [0.4, 0.5) is 0 Å². The van der Waals surface area contributed by atoms with Gasteiger partial charge in [-0.3, -0.25) is 0 Å². The molecular formula is C18H24O5S. The number of rotatable bonds is 6. The van der Waals surface area contributed by atoms with Crippen molar-refractivity contribution >= 4 is 11.8 Å². The van der Waals surface area contributed by atoms with Crippen molar-refractivity contribution in [3.63, 3.8) is 0 Å². The summed E-state index contributed by atoms with van der Waals surface area (Å²) in [6.45, 7) is 6.48. The van der Waals surface area contributed by atoms with Gasteiger partial charge >= 0.3 is 0 Å². The molecule has 6 heteroatoms. The van der Waals surface area contributed by atoms with E-state index in [0.717, 1.165) is 11.3 Å². The average molecular weight is 352 g/mol. The maximum Gasteiger partial charge on any atom is 0.184 e. The zero-order valence-corrected chi connectivity index (χ0v) is 14.6. The van der Waals surface area contributed by atoms with E-state index in [2.05, 4.69) is 6.58 Å². The Hall–Kier alpha value is -0.890. The highest BCUT2D eigenvalue weighted by Crippen LogP contribution is 2.37. The van der Waals surface area contributed by atoms with E-state index in [-0.39, 0.29) is 17.6 Å². The maximum atomic E-state index is 10.7. The fourth-order valence-corrected chi connectivity index (χ4v) is 3.92. The molecule has 6 atom stereocenters. The van der Waals surface area contributed by atoms with Gasteiger partial charge in [-0.2, -0.15) is 0 Å². The Balaban J connectivity index is 1.76. The second-order valence-corrected chi connectivity index (χ2v) is 7.13. The number of benzene rings is 1. The fourth-order valence-electron chi connectivity index (χ4n) is 3.01. The molecular weight excluding hydrogens is 328 g/mol. The zero-order valence-electron chi connectivity index (χ0n) is 13.7. The third-order valence-corrected chi connectivity index (χ3v) is 5.17. The first-order chi connectivity index (χ1) is 11.7. The molecule has 0 radical (unpaired) electrons. The van der Waals surface area contributed by atoms with Crippen LogP contribution in [0.15, 0.2) is 43.0 Å². The van der Waals surface area contributed by atoms with Crippen LogP contribution in [0.3, 0.4) is 0 Å². The Labute approximate surface area is 146 Å². The van der Waals surface area contributed by atoms with Gasteiger partial charge in [-0.05, 0) is 5.75 Å². The monoisotopic (exact) mass is 352 g/mol. The van der Waals surface area contributed by atoms with Crippen LogP contribution in [0.5, 0.6) is 0 Å². The van der Waals surface area contributed by atoms with E-state index in [9.17, 15) is 5.11 Å². The Morgan fingerprint density at radius 2 is 2.12 bits per heavy atom. The topological polar surface area (TPSA) is 57.2 Å². The second kappa shape index (κ2) is 8.47. The summed E-state index contributed by atoms with van der Waals surface area (Å²) in [7, 11) is 0. The van der Waals surface area contributed by atoms with Crippen LogP contribution in [0.2, 0.25) is 0 Å². The Bertz CT molecular complexity index is 525. The van der Waals surface area contributed by atoms with Gasteiger partial charge in [0.1, 0.15) is 29.9 Å². The molecule has 1 N–H and O–H groups in total. The van der Waals surface area contributed by atoms with Crippen LogP contribution in [0.25, 0.3) is 0 Å². The predicted molar refractivity (Wildman–Crippen MR) is 92.7 cm³/mol. The van der Waals surface area contributed by atoms with Gasteiger partial charge in [-0.15, -0.1) is 18.3 Å². The molecule has 1 aromatic rings. The molecule has 0 saturated carbocycles. The summed E-state index contributed by atoms with van der Waals surface area (Å²) in [5, 5.41) is 10.7. The molecule has 24 heavy (non-hydrogen) atoms. The minimum Gasteiger partial charge on any atom is -0.387 e. The van der Waals surface area contributed by atoms with E-state index >= 15 is 0 Å². The first kappa shape index (κ1) is 17.9. The van der Waals surface area contributed by atoms with Gasteiger partial charge in [-0.1, -0.05) is 43.3 Å². The molecule has 2 aliphatic rings. The van der Waals surface area contributed by atoms with Gasteiger partial charge in [0.15, 0.2) is 6.29 Å². The van der Waals surface area contributed by atoms with E-state index in [1.54, 1.807) is 17.8 Å². The zero-order chi connectivity index (χ0) is 16.9. The molecule has 0 amide bonds. The van der Waals surface area contributed by atoms with Crippen molar-refractivity contribution in [2.75, 3.05) is 19.0 Å². The lowest BCUT2D eigenvalue weighted by molar-refractivity contribution is -0.322. The Morgan fingerprint density at radius 3 is 2.83 bits per heavy atom. The van der Waals surface area contributed by atoms with E-state index in [4.69, 9.17) is 18.9 Å². The van der Waals surface area contributed by atoms with Crippen molar-refractivity contribution in [2.45, 2.75) is 43.1 Å². The minimum atomic E-state index is -0.759. The predicted octanol–water partition coefficient (Wildman–Crippen LogP) is 2.51. The lowest BCUT2D eigenvalue weighted by atomic mass is 9.98. The summed E-state index contributed by atoms with van der Waals surface area (Å²) >= 11 is 1.56. The van der Waals surface area contributed by atoms with Crippen LogP contribution in [-0.2, 0) is 18.9 Å². The SMILES string of the molecule is C=CCO[C@H]1[C@H](O)[C@H](SCC)O[C@@H]2CO[C@H](c3ccccc3)O[C@H]12. The number of thioether (sulfide) groups is 1. The molecule has 132 valence electrons. The summed E-state index contributed by atoms with van der Waals surface area (Å²) in [5.41, 5.74) is 0.601. The van der Waals surface area contributed by atoms with Gasteiger partial charge in [0.05, 0.1) is 13.2 Å². The highest BCUT2D eigenvalue weighted by Gasteiger charge is 2.50. The van der Waals surface area contributed by atoms with E-state index in [1.165, 1.54) is 0 Å². The van der Waals surface area contributed by atoms with Crippen molar-refractivity contribution in [3.8, 4) is 0 Å². The van der Waals surface area contributed by atoms with E-state index in [0.29, 0.717) is 13.2 Å². The molecule has 0 bridgehead atoms. The summed E-state index contributed by atoms with van der Waals surface area (Å²) in [6.07, 6.45) is -0.674. The molecule has 0 spiro atoms. The summed E-state index contributed by atoms with van der Waals surface area (Å²) in [5.74, 6) is 0.849.